The third-order valence-corrected chi connectivity index (χ3v) is 2.79. The summed E-state index contributed by atoms with van der Waals surface area (Å²) < 4.78 is 4.59. The van der Waals surface area contributed by atoms with E-state index in [-0.39, 0.29) is 5.69 Å². The Balaban J connectivity index is 2.20. The number of ether oxygens (including phenoxy) is 1. The van der Waals surface area contributed by atoms with E-state index in [0.717, 1.165) is 0 Å². The summed E-state index contributed by atoms with van der Waals surface area (Å²) in [6.45, 7) is 2.98. The summed E-state index contributed by atoms with van der Waals surface area (Å²) in [5.41, 5.74) is -0.528. The van der Waals surface area contributed by atoms with Gasteiger partial charge >= 0.3 is 5.97 Å². The molecule has 2 rings (SSSR count). The highest BCUT2D eigenvalue weighted by Crippen LogP contribution is 2.24. The monoisotopic (exact) mass is 237 g/mol. The van der Waals surface area contributed by atoms with Gasteiger partial charge in [0.05, 0.1) is 25.1 Å². The lowest BCUT2D eigenvalue weighted by Gasteiger charge is -2.19. The van der Waals surface area contributed by atoms with Crippen molar-refractivity contribution >= 4 is 11.8 Å². The molecule has 0 aliphatic carbocycles. The van der Waals surface area contributed by atoms with Crippen molar-refractivity contribution in [2.24, 2.45) is 0 Å². The van der Waals surface area contributed by atoms with Crippen molar-refractivity contribution in [3.8, 4) is 0 Å². The minimum Gasteiger partial charge on any atom is -0.464 e. The SMILES string of the molecule is COC(=O)c1cncc(N2CCC(C)(O)C2)n1. The highest BCUT2D eigenvalue weighted by molar-refractivity contribution is 5.87. The zero-order valence-electron chi connectivity index (χ0n) is 9.88. The van der Waals surface area contributed by atoms with Gasteiger partial charge in [-0.3, -0.25) is 4.98 Å². The van der Waals surface area contributed by atoms with Crippen LogP contribution in [0.2, 0.25) is 0 Å². The minimum atomic E-state index is -0.705. The molecule has 0 radical (unpaired) electrons. The molecule has 0 amide bonds. The van der Waals surface area contributed by atoms with Gasteiger partial charge in [0.2, 0.25) is 0 Å². The number of rotatable bonds is 2. The van der Waals surface area contributed by atoms with Crippen LogP contribution in [0.5, 0.6) is 0 Å². The molecule has 1 aromatic heterocycles. The predicted molar refractivity (Wildman–Crippen MR) is 60.8 cm³/mol. The lowest BCUT2D eigenvalue weighted by Crippen LogP contribution is -2.30. The van der Waals surface area contributed by atoms with Gasteiger partial charge in [0, 0.05) is 13.1 Å². The van der Waals surface area contributed by atoms with Crippen LogP contribution < -0.4 is 4.90 Å². The summed E-state index contributed by atoms with van der Waals surface area (Å²) >= 11 is 0. The van der Waals surface area contributed by atoms with E-state index in [1.54, 1.807) is 13.1 Å². The molecule has 92 valence electrons. The number of esters is 1. The van der Waals surface area contributed by atoms with E-state index >= 15 is 0 Å². The van der Waals surface area contributed by atoms with Crippen molar-refractivity contribution < 1.29 is 14.6 Å². The van der Waals surface area contributed by atoms with Gasteiger partial charge in [0.15, 0.2) is 5.69 Å². The van der Waals surface area contributed by atoms with Crippen LogP contribution >= 0.6 is 0 Å². The summed E-state index contributed by atoms with van der Waals surface area (Å²) in [4.78, 5) is 21.3. The van der Waals surface area contributed by atoms with Gasteiger partial charge in [0.25, 0.3) is 0 Å². The topological polar surface area (TPSA) is 75.5 Å². The maximum atomic E-state index is 11.3. The fraction of sp³-hybridized carbons (Fsp3) is 0.545. The molecule has 6 nitrogen and oxygen atoms in total. The Hall–Kier alpha value is -1.69. The standard InChI is InChI=1S/C11H15N3O3/c1-11(16)3-4-14(7-11)9-6-12-5-8(13-9)10(15)17-2/h5-6,16H,3-4,7H2,1-2H3. The number of carbonyl (C=O) groups is 1. The Morgan fingerprint density at radius 3 is 2.94 bits per heavy atom. The Bertz CT molecular complexity index is 434. The second-order valence-corrected chi connectivity index (χ2v) is 4.42. The zero-order valence-corrected chi connectivity index (χ0v) is 9.88. The van der Waals surface area contributed by atoms with Gasteiger partial charge in [-0.05, 0) is 13.3 Å². The van der Waals surface area contributed by atoms with Crippen molar-refractivity contribution in [2.45, 2.75) is 18.9 Å². The third kappa shape index (κ3) is 2.52. The number of aromatic nitrogens is 2. The summed E-state index contributed by atoms with van der Waals surface area (Å²) in [6, 6.07) is 0. The van der Waals surface area contributed by atoms with Crippen molar-refractivity contribution in [3.63, 3.8) is 0 Å². The normalized spacial score (nSPS) is 23.8. The number of hydrogen-bond acceptors (Lipinski definition) is 6. The molecule has 1 fully saturated rings. The van der Waals surface area contributed by atoms with E-state index in [1.165, 1.54) is 13.3 Å². The fourth-order valence-corrected chi connectivity index (χ4v) is 1.85. The quantitative estimate of drug-likeness (QED) is 0.742. The van der Waals surface area contributed by atoms with Crippen LogP contribution in [0.4, 0.5) is 5.82 Å². The van der Waals surface area contributed by atoms with Gasteiger partial charge in [0.1, 0.15) is 5.82 Å². The van der Waals surface area contributed by atoms with Gasteiger partial charge in [-0.15, -0.1) is 0 Å². The molecule has 1 aliphatic rings. The molecule has 0 aromatic carbocycles. The average Bonchev–Trinajstić information content (AvgIpc) is 2.69. The maximum absolute atomic E-state index is 11.3. The van der Waals surface area contributed by atoms with Crippen molar-refractivity contribution in [1.29, 1.82) is 0 Å². The summed E-state index contributed by atoms with van der Waals surface area (Å²) in [7, 11) is 1.30. The number of β-amino-alcohol motifs (C(OH)–C–C–N with tert-alkyl or cyclic N) is 1. The molecule has 1 saturated heterocycles. The molecule has 6 heteroatoms. The van der Waals surface area contributed by atoms with Crippen LogP contribution in [0.1, 0.15) is 23.8 Å². The van der Waals surface area contributed by atoms with E-state index in [9.17, 15) is 9.90 Å². The number of methoxy groups -OCH3 is 1. The molecule has 0 spiro atoms. The Morgan fingerprint density at radius 1 is 1.59 bits per heavy atom. The molecule has 1 atom stereocenters. The maximum Gasteiger partial charge on any atom is 0.358 e. The second kappa shape index (κ2) is 4.29. The summed E-state index contributed by atoms with van der Waals surface area (Å²) in [6.07, 6.45) is 3.62. The summed E-state index contributed by atoms with van der Waals surface area (Å²) in [5, 5.41) is 9.87. The number of hydrogen-bond donors (Lipinski definition) is 1. The van der Waals surface area contributed by atoms with Crippen molar-refractivity contribution in [3.05, 3.63) is 18.1 Å². The lowest BCUT2D eigenvalue weighted by molar-refractivity contribution is 0.0593. The Kier molecular flexibility index (Phi) is 2.97. The van der Waals surface area contributed by atoms with E-state index in [1.807, 2.05) is 4.90 Å². The number of carbonyl (C=O) groups excluding carboxylic acids is 1. The van der Waals surface area contributed by atoms with E-state index < -0.39 is 11.6 Å². The molecule has 1 aliphatic heterocycles. The molecular weight excluding hydrogens is 222 g/mol. The molecule has 1 unspecified atom stereocenters. The zero-order chi connectivity index (χ0) is 12.5. The first-order valence-electron chi connectivity index (χ1n) is 5.39. The van der Waals surface area contributed by atoms with Gasteiger partial charge in [-0.25, -0.2) is 9.78 Å². The van der Waals surface area contributed by atoms with Crippen LogP contribution in [-0.4, -0.2) is 46.8 Å². The van der Waals surface area contributed by atoms with Crippen LogP contribution in [0.25, 0.3) is 0 Å². The number of nitrogens with zero attached hydrogens (tertiary/aromatic N) is 3. The van der Waals surface area contributed by atoms with E-state index in [0.29, 0.717) is 25.3 Å². The largest absolute Gasteiger partial charge is 0.464 e. The van der Waals surface area contributed by atoms with E-state index in [2.05, 4.69) is 14.7 Å². The smallest absolute Gasteiger partial charge is 0.358 e. The fourth-order valence-electron chi connectivity index (χ4n) is 1.85. The van der Waals surface area contributed by atoms with Crippen molar-refractivity contribution in [2.75, 3.05) is 25.1 Å². The van der Waals surface area contributed by atoms with Crippen LogP contribution in [0.3, 0.4) is 0 Å². The van der Waals surface area contributed by atoms with Gasteiger partial charge in [-0.2, -0.15) is 0 Å². The molecular formula is C11H15N3O3. The first-order chi connectivity index (χ1) is 8.02. The molecule has 0 bridgehead atoms. The molecule has 2 heterocycles. The molecule has 0 saturated carbocycles. The minimum absolute atomic E-state index is 0.177. The van der Waals surface area contributed by atoms with Crippen LogP contribution in [-0.2, 0) is 4.74 Å². The van der Waals surface area contributed by atoms with Crippen LogP contribution in [0, 0.1) is 0 Å². The lowest BCUT2D eigenvalue weighted by atomic mass is 10.1. The average molecular weight is 237 g/mol. The molecule has 1 aromatic rings. The first-order valence-corrected chi connectivity index (χ1v) is 5.39. The second-order valence-electron chi connectivity index (χ2n) is 4.42. The third-order valence-electron chi connectivity index (χ3n) is 2.79. The van der Waals surface area contributed by atoms with Crippen LogP contribution in [0.15, 0.2) is 12.4 Å². The molecule has 1 N–H and O–H groups in total. The first kappa shape index (κ1) is 11.8. The Labute approximate surface area is 99.2 Å². The van der Waals surface area contributed by atoms with Crippen molar-refractivity contribution in [1.82, 2.24) is 9.97 Å². The number of anilines is 1. The summed E-state index contributed by atoms with van der Waals surface area (Å²) in [5.74, 6) is 0.0796. The predicted octanol–water partition coefficient (Wildman–Crippen LogP) is 0.224. The Morgan fingerprint density at radius 2 is 2.35 bits per heavy atom. The van der Waals surface area contributed by atoms with Gasteiger partial charge < -0.3 is 14.7 Å². The van der Waals surface area contributed by atoms with Gasteiger partial charge in [-0.1, -0.05) is 0 Å². The van der Waals surface area contributed by atoms with E-state index in [4.69, 9.17) is 0 Å². The molecule has 17 heavy (non-hydrogen) atoms. The highest BCUT2D eigenvalue weighted by atomic mass is 16.5. The number of aliphatic hydroxyl groups is 1. The highest BCUT2D eigenvalue weighted by Gasteiger charge is 2.32.